The molecule has 1 unspecified atom stereocenters. The van der Waals surface area contributed by atoms with Crippen LogP contribution in [0.15, 0.2) is 18.2 Å². The third-order valence-corrected chi connectivity index (χ3v) is 4.33. The lowest BCUT2D eigenvalue weighted by molar-refractivity contribution is 0.0598. The lowest BCUT2D eigenvalue weighted by Gasteiger charge is -2.38. The fraction of sp³-hybridized carbons (Fsp3) is 0.647. The Labute approximate surface area is 117 Å². The highest BCUT2D eigenvalue weighted by molar-refractivity contribution is 5.31. The number of piperidine rings is 1. The molecule has 1 aromatic carbocycles. The minimum Gasteiger partial charge on any atom is -0.387 e. The van der Waals surface area contributed by atoms with Crippen LogP contribution >= 0.6 is 0 Å². The Bertz CT molecular complexity index is 439. The highest BCUT2D eigenvalue weighted by atomic mass is 16.3. The van der Waals surface area contributed by atoms with Gasteiger partial charge in [0.05, 0.1) is 6.10 Å². The first kappa shape index (κ1) is 14.5. The Hall–Kier alpha value is -0.860. The van der Waals surface area contributed by atoms with Crippen LogP contribution in [0.25, 0.3) is 0 Å². The van der Waals surface area contributed by atoms with Crippen molar-refractivity contribution in [2.24, 2.45) is 5.41 Å². The van der Waals surface area contributed by atoms with Crippen LogP contribution in [0.2, 0.25) is 0 Å². The molecule has 1 heterocycles. The molecule has 1 saturated heterocycles. The van der Waals surface area contributed by atoms with Gasteiger partial charge < -0.3 is 5.11 Å². The van der Waals surface area contributed by atoms with E-state index in [4.69, 9.17) is 0 Å². The van der Waals surface area contributed by atoms with Crippen LogP contribution in [0, 0.1) is 19.3 Å². The monoisotopic (exact) mass is 261 g/mol. The fourth-order valence-electron chi connectivity index (χ4n) is 3.02. The predicted molar refractivity (Wildman–Crippen MR) is 80.3 cm³/mol. The molecule has 0 radical (unpaired) electrons. The highest BCUT2D eigenvalue weighted by Gasteiger charge is 2.27. The van der Waals surface area contributed by atoms with Gasteiger partial charge in [-0.15, -0.1) is 0 Å². The number of nitrogens with zero attached hydrogens (tertiary/aromatic N) is 1. The molecule has 1 atom stereocenters. The first-order valence-electron chi connectivity index (χ1n) is 7.35. The van der Waals surface area contributed by atoms with Crippen molar-refractivity contribution in [2.75, 3.05) is 19.6 Å². The summed E-state index contributed by atoms with van der Waals surface area (Å²) >= 11 is 0. The van der Waals surface area contributed by atoms with Gasteiger partial charge in [-0.05, 0) is 55.3 Å². The quantitative estimate of drug-likeness (QED) is 0.900. The standard InChI is InChI=1S/C17H27NO/c1-13-6-7-15(10-14(13)2)16(19)11-18-9-5-8-17(3,4)12-18/h6-7,10,16,19H,5,8-9,11-12H2,1-4H3. The van der Waals surface area contributed by atoms with Crippen LogP contribution in [-0.2, 0) is 0 Å². The number of aliphatic hydroxyl groups excluding tert-OH is 1. The van der Waals surface area contributed by atoms with Gasteiger partial charge in [-0.25, -0.2) is 0 Å². The summed E-state index contributed by atoms with van der Waals surface area (Å²) in [5.74, 6) is 0. The number of likely N-dealkylation sites (tertiary alicyclic amines) is 1. The molecule has 0 spiro atoms. The van der Waals surface area contributed by atoms with E-state index in [1.165, 1.54) is 24.0 Å². The van der Waals surface area contributed by atoms with Gasteiger partial charge in [-0.3, -0.25) is 4.90 Å². The molecule has 0 aliphatic carbocycles. The van der Waals surface area contributed by atoms with Gasteiger partial charge in [0, 0.05) is 13.1 Å². The van der Waals surface area contributed by atoms with Crippen molar-refractivity contribution in [1.82, 2.24) is 4.90 Å². The summed E-state index contributed by atoms with van der Waals surface area (Å²) in [6.45, 7) is 11.8. The van der Waals surface area contributed by atoms with E-state index in [2.05, 4.69) is 50.8 Å². The van der Waals surface area contributed by atoms with Crippen molar-refractivity contribution < 1.29 is 5.11 Å². The van der Waals surface area contributed by atoms with Crippen molar-refractivity contribution >= 4 is 0 Å². The molecule has 2 nitrogen and oxygen atoms in total. The number of β-amino-alcohol motifs (C(OH)–C–C–N with tert-alkyl or cyclic N) is 1. The van der Waals surface area contributed by atoms with Crippen molar-refractivity contribution in [1.29, 1.82) is 0 Å². The Balaban J connectivity index is 2.00. The predicted octanol–water partition coefficient (Wildman–Crippen LogP) is 3.46. The van der Waals surface area contributed by atoms with E-state index in [-0.39, 0.29) is 6.10 Å². The summed E-state index contributed by atoms with van der Waals surface area (Å²) in [5, 5.41) is 10.4. The van der Waals surface area contributed by atoms with E-state index < -0.39 is 0 Å². The van der Waals surface area contributed by atoms with Gasteiger partial charge in [0.15, 0.2) is 0 Å². The lowest BCUT2D eigenvalue weighted by Crippen LogP contribution is -2.41. The minimum atomic E-state index is -0.367. The SMILES string of the molecule is Cc1ccc(C(O)CN2CCCC(C)(C)C2)cc1C. The molecule has 1 aromatic rings. The van der Waals surface area contributed by atoms with Gasteiger partial charge >= 0.3 is 0 Å². The molecule has 0 bridgehead atoms. The zero-order chi connectivity index (χ0) is 14.0. The maximum atomic E-state index is 10.4. The summed E-state index contributed by atoms with van der Waals surface area (Å²) in [6.07, 6.45) is 2.17. The van der Waals surface area contributed by atoms with Crippen LogP contribution in [0.1, 0.15) is 49.5 Å². The minimum absolute atomic E-state index is 0.367. The largest absolute Gasteiger partial charge is 0.387 e. The van der Waals surface area contributed by atoms with Crippen LogP contribution in [0.5, 0.6) is 0 Å². The van der Waals surface area contributed by atoms with Crippen molar-refractivity contribution in [3.8, 4) is 0 Å². The smallest absolute Gasteiger partial charge is 0.0917 e. The van der Waals surface area contributed by atoms with E-state index in [9.17, 15) is 5.11 Å². The number of hydrogen-bond acceptors (Lipinski definition) is 2. The Morgan fingerprint density at radius 3 is 2.63 bits per heavy atom. The normalized spacial score (nSPS) is 21.3. The Morgan fingerprint density at radius 2 is 2.00 bits per heavy atom. The molecule has 106 valence electrons. The average Bonchev–Trinajstić information content (AvgIpc) is 2.31. The van der Waals surface area contributed by atoms with Crippen LogP contribution in [0.4, 0.5) is 0 Å². The highest BCUT2D eigenvalue weighted by Crippen LogP contribution is 2.29. The van der Waals surface area contributed by atoms with Crippen molar-refractivity contribution in [2.45, 2.75) is 46.6 Å². The molecule has 0 amide bonds. The molecular weight excluding hydrogens is 234 g/mol. The van der Waals surface area contributed by atoms with E-state index in [1.54, 1.807) is 0 Å². The molecule has 1 N–H and O–H groups in total. The molecule has 1 aliphatic rings. The summed E-state index contributed by atoms with van der Waals surface area (Å²) in [6, 6.07) is 6.28. The topological polar surface area (TPSA) is 23.5 Å². The van der Waals surface area contributed by atoms with E-state index in [1.807, 2.05) is 0 Å². The second-order valence-corrected chi connectivity index (χ2v) is 6.86. The molecular formula is C17H27NO. The van der Waals surface area contributed by atoms with E-state index in [0.717, 1.165) is 25.2 Å². The molecule has 1 aliphatic heterocycles. The zero-order valence-corrected chi connectivity index (χ0v) is 12.7. The third-order valence-electron chi connectivity index (χ3n) is 4.33. The zero-order valence-electron chi connectivity index (χ0n) is 12.7. The first-order chi connectivity index (χ1) is 8.87. The maximum absolute atomic E-state index is 10.4. The van der Waals surface area contributed by atoms with Gasteiger partial charge in [0.2, 0.25) is 0 Å². The molecule has 2 heteroatoms. The Morgan fingerprint density at radius 1 is 1.26 bits per heavy atom. The maximum Gasteiger partial charge on any atom is 0.0917 e. The third kappa shape index (κ3) is 3.80. The van der Waals surface area contributed by atoms with Crippen molar-refractivity contribution in [3.63, 3.8) is 0 Å². The summed E-state index contributed by atoms with van der Waals surface area (Å²) in [4.78, 5) is 2.41. The molecule has 0 aromatic heterocycles. The summed E-state index contributed by atoms with van der Waals surface area (Å²) in [7, 11) is 0. The average molecular weight is 261 g/mol. The van der Waals surface area contributed by atoms with Crippen LogP contribution in [-0.4, -0.2) is 29.6 Å². The van der Waals surface area contributed by atoms with Gasteiger partial charge in [-0.1, -0.05) is 32.0 Å². The van der Waals surface area contributed by atoms with Gasteiger partial charge in [0.25, 0.3) is 0 Å². The molecule has 0 saturated carbocycles. The van der Waals surface area contributed by atoms with Gasteiger partial charge in [0.1, 0.15) is 0 Å². The molecule has 2 rings (SSSR count). The number of aryl methyl sites for hydroxylation is 2. The summed E-state index contributed by atoms with van der Waals surface area (Å²) < 4.78 is 0. The van der Waals surface area contributed by atoms with Crippen LogP contribution in [0.3, 0.4) is 0 Å². The number of benzene rings is 1. The second kappa shape index (κ2) is 5.64. The van der Waals surface area contributed by atoms with Crippen molar-refractivity contribution in [3.05, 3.63) is 34.9 Å². The number of hydrogen-bond donors (Lipinski definition) is 1. The lowest BCUT2D eigenvalue weighted by atomic mass is 9.84. The van der Waals surface area contributed by atoms with E-state index in [0.29, 0.717) is 5.41 Å². The fourth-order valence-corrected chi connectivity index (χ4v) is 3.02. The molecule has 1 fully saturated rings. The molecule has 19 heavy (non-hydrogen) atoms. The second-order valence-electron chi connectivity index (χ2n) is 6.86. The number of aliphatic hydroxyl groups is 1. The van der Waals surface area contributed by atoms with Gasteiger partial charge in [-0.2, -0.15) is 0 Å². The Kier molecular flexibility index (Phi) is 4.32. The number of rotatable bonds is 3. The summed E-state index contributed by atoms with van der Waals surface area (Å²) in [5.41, 5.74) is 3.98. The van der Waals surface area contributed by atoms with E-state index >= 15 is 0 Å². The first-order valence-corrected chi connectivity index (χ1v) is 7.35. The van der Waals surface area contributed by atoms with Crippen LogP contribution < -0.4 is 0 Å².